The zero-order chi connectivity index (χ0) is 24.3. The monoisotopic (exact) mass is 480 g/mol. The summed E-state index contributed by atoms with van der Waals surface area (Å²) in [5.41, 5.74) is 0.140. The Kier molecular flexibility index (Phi) is 12.6. The number of benzene rings is 2. The molecule has 0 saturated carbocycles. The summed E-state index contributed by atoms with van der Waals surface area (Å²) in [7, 11) is -8.11. The maximum absolute atomic E-state index is 10.7. The molecular formula is C19H30O10P2. The van der Waals surface area contributed by atoms with Gasteiger partial charge in [0.2, 0.25) is 0 Å². The van der Waals surface area contributed by atoms with Gasteiger partial charge >= 0.3 is 15.2 Å². The first-order chi connectivity index (χ1) is 14.3. The molecule has 0 atom stereocenters. The minimum absolute atomic E-state index is 0.111. The normalized spacial score (nSPS) is 11.7. The molecule has 0 aromatic heterocycles. The van der Waals surface area contributed by atoms with Gasteiger partial charge in [-0.25, -0.2) is 0 Å². The number of hydrogen-bond donors (Lipinski definition) is 8. The number of aliphatic hydroxyl groups is 4. The fraction of sp³-hybridized carbons (Fsp3) is 0.368. The minimum atomic E-state index is -4.06. The van der Waals surface area contributed by atoms with Crippen LogP contribution in [0.15, 0.2) is 48.5 Å². The van der Waals surface area contributed by atoms with Gasteiger partial charge in [0, 0.05) is 0 Å². The Balaban J connectivity index is 0.000000439. The van der Waals surface area contributed by atoms with Crippen molar-refractivity contribution in [3.63, 3.8) is 0 Å². The van der Waals surface area contributed by atoms with E-state index in [1.807, 2.05) is 0 Å². The standard InChI is InChI=1S/2C7H9O3P.C5H12O4/c2*1-6-4-2-3-5-7(6)11(8,9)10;6-1-5(2-7,3-8)4-9/h2*2-5H,1H3,(H2,8,9,10);6-9H,1-4H2. The minimum Gasteiger partial charge on any atom is -0.396 e. The molecule has 0 aliphatic heterocycles. The lowest BCUT2D eigenvalue weighted by molar-refractivity contribution is -0.0328. The van der Waals surface area contributed by atoms with Gasteiger partial charge in [0.15, 0.2) is 0 Å². The van der Waals surface area contributed by atoms with Gasteiger partial charge in [-0.05, 0) is 37.1 Å². The van der Waals surface area contributed by atoms with Crippen LogP contribution < -0.4 is 10.6 Å². The molecule has 12 heteroatoms. The fourth-order valence-corrected chi connectivity index (χ4v) is 3.71. The highest BCUT2D eigenvalue weighted by atomic mass is 31.2. The second-order valence-corrected chi connectivity index (χ2v) is 9.93. The third kappa shape index (κ3) is 10.2. The molecule has 0 fully saturated rings. The van der Waals surface area contributed by atoms with E-state index in [0.717, 1.165) is 0 Å². The van der Waals surface area contributed by atoms with Crippen molar-refractivity contribution in [2.45, 2.75) is 13.8 Å². The molecule has 31 heavy (non-hydrogen) atoms. The molecule has 10 nitrogen and oxygen atoms in total. The summed E-state index contributed by atoms with van der Waals surface area (Å²) < 4.78 is 21.5. The summed E-state index contributed by atoms with van der Waals surface area (Å²) >= 11 is 0. The Morgan fingerprint density at radius 3 is 1.00 bits per heavy atom. The first-order valence-electron chi connectivity index (χ1n) is 8.95. The van der Waals surface area contributed by atoms with E-state index in [9.17, 15) is 9.13 Å². The van der Waals surface area contributed by atoms with E-state index in [1.165, 1.54) is 12.1 Å². The van der Waals surface area contributed by atoms with Crippen LogP contribution in [0.3, 0.4) is 0 Å². The quantitative estimate of drug-likeness (QED) is 0.251. The summed E-state index contributed by atoms with van der Waals surface area (Å²) in [6, 6.07) is 12.9. The van der Waals surface area contributed by atoms with E-state index >= 15 is 0 Å². The van der Waals surface area contributed by atoms with E-state index in [-0.39, 0.29) is 10.6 Å². The molecule has 0 bridgehead atoms. The smallest absolute Gasteiger partial charge is 0.356 e. The molecule has 0 amide bonds. The number of rotatable bonds is 6. The van der Waals surface area contributed by atoms with Crippen molar-refractivity contribution in [1.82, 2.24) is 0 Å². The molecule has 2 rings (SSSR count). The Morgan fingerprint density at radius 1 is 0.613 bits per heavy atom. The highest BCUT2D eigenvalue weighted by Gasteiger charge is 2.26. The summed E-state index contributed by atoms with van der Waals surface area (Å²) in [6.45, 7) is 1.73. The second-order valence-electron chi connectivity index (χ2n) is 6.79. The van der Waals surface area contributed by atoms with E-state index in [4.69, 9.17) is 40.0 Å². The highest BCUT2D eigenvalue weighted by molar-refractivity contribution is 7.60. The first-order valence-corrected chi connectivity index (χ1v) is 12.2. The zero-order valence-electron chi connectivity index (χ0n) is 17.2. The van der Waals surface area contributed by atoms with Crippen LogP contribution in [0.5, 0.6) is 0 Å². The Morgan fingerprint density at radius 2 is 0.871 bits per heavy atom. The van der Waals surface area contributed by atoms with Crippen molar-refractivity contribution < 1.29 is 49.1 Å². The molecule has 2 aromatic rings. The van der Waals surface area contributed by atoms with Crippen LogP contribution in [0, 0.1) is 19.3 Å². The molecule has 176 valence electrons. The molecule has 0 heterocycles. The molecular weight excluding hydrogens is 450 g/mol. The van der Waals surface area contributed by atoms with Crippen LogP contribution in [0.4, 0.5) is 0 Å². The van der Waals surface area contributed by atoms with E-state index in [2.05, 4.69) is 0 Å². The molecule has 0 aliphatic rings. The second kappa shape index (κ2) is 13.2. The lowest BCUT2D eigenvalue weighted by Crippen LogP contribution is -2.37. The van der Waals surface area contributed by atoms with Crippen LogP contribution in [0.2, 0.25) is 0 Å². The van der Waals surface area contributed by atoms with Gasteiger partial charge in [-0.3, -0.25) is 9.13 Å². The first kappa shape index (κ1) is 29.6. The van der Waals surface area contributed by atoms with Crippen molar-refractivity contribution in [3.8, 4) is 0 Å². The molecule has 0 spiro atoms. The van der Waals surface area contributed by atoms with E-state index in [0.29, 0.717) is 11.1 Å². The molecule has 2 aromatic carbocycles. The topological polar surface area (TPSA) is 196 Å². The molecule has 0 radical (unpaired) electrons. The lowest BCUT2D eigenvalue weighted by atomic mass is 9.93. The molecule has 0 unspecified atom stereocenters. The van der Waals surface area contributed by atoms with Crippen molar-refractivity contribution in [3.05, 3.63) is 59.7 Å². The number of aliphatic hydroxyl groups excluding tert-OH is 4. The largest absolute Gasteiger partial charge is 0.396 e. The Hall–Kier alpha value is -1.42. The average molecular weight is 480 g/mol. The van der Waals surface area contributed by atoms with Gasteiger partial charge in [0.25, 0.3) is 0 Å². The van der Waals surface area contributed by atoms with Crippen molar-refractivity contribution in [2.75, 3.05) is 26.4 Å². The van der Waals surface area contributed by atoms with Gasteiger partial charge in [0.05, 0.1) is 42.5 Å². The lowest BCUT2D eigenvalue weighted by Gasteiger charge is -2.23. The van der Waals surface area contributed by atoms with Gasteiger partial charge in [-0.1, -0.05) is 36.4 Å². The molecule has 0 aliphatic carbocycles. The summed E-state index contributed by atoms with van der Waals surface area (Å²) in [6.07, 6.45) is 0. The van der Waals surface area contributed by atoms with Crippen LogP contribution in [-0.2, 0) is 9.13 Å². The van der Waals surface area contributed by atoms with Crippen LogP contribution >= 0.6 is 15.2 Å². The third-order valence-corrected chi connectivity index (χ3v) is 6.46. The van der Waals surface area contributed by atoms with Gasteiger partial charge < -0.3 is 40.0 Å². The number of hydrogen-bond acceptors (Lipinski definition) is 6. The van der Waals surface area contributed by atoms with E-state index in [1.54, 1.807) is 50.2 Å². The highest BCUT2D eigenvalue weighted by Crippen LogP contribution is 2.34. The third-order valence-electron chi connectivity index (χ3n) is 4.20. The fourth-order valence-electron chi connectivity index (χ4n) is 2.08. The number of aryl methyl sites for hydroxylation is 2. The summed E-state index contributed by atoms with van der Waals surface area (Å²) in [5, 5.41) is 34.2. The van der Waals surface area contributed by atoms with Crippen LogP contribution in [0.25, 0.3) is 0 Å². The Labute approximate surface area is 180 Å². The maximum Gasteiger partial charge on any atom is 0.356 e. The average Bonchev–Trinajstić information content (AvgIpc) is 2.70. The van der Waals surface area contributed by atoms with Gasteiger partial charge in [-0.15, -0.1) is 0 Å². The van der Waals surface area contributed by atoms with Crippen LogP contribution in [0.1, 0.15) is 11.1 Å². The predicted octanol–water partition coefficient (Wildman–Crippen LogP) is -0.462. The van der Waals surface area contributed by atoms with E-state index < -0.39 is 47.0 Å². The molecule has 0 saturated heterocycles. The SMILES string of the molecule is Cc1ccccc1P(=O)(O)O.Cc1ccccc1P(=O)(O)O.OCC(CO)(CO)CO. The summed E-state index contributed by atoms with van der Waals surface area (Å²) in [4.78, 5) is 35.1. The van der Waals surface area contributed by atoms with Gasteiger partial charge in [0.1, 0.15) is 0 Å². The Bertz CT molecular complexity index is 806. The van der Waals surface area contributed by atoms with Crippen LogP contribution in [-0.4, -0.2) is 66.4 Å². The van der Waals surface area contributed by atoms with Gasteiger partial charge in [-0.2, -0.15) is 0 Å². The van der Waals surface area contributed by atoms with Crippen molar-refractivity contribution in [2.24, 2.45) is 5.41 Å². The maximum atomic E-state index is 10.7. The van der Waals surface area contributed by atoms with Crippen molar-refractivity contribution >= 4 is 25.8 Å². The summed E-state index contributed by atoms with van der Waals surface area (Å²) in [5.74, 6) is 0. The molecule has 8 N–H and O–H groups in total. The zero-order valence-corrected chi connectivity index (χ0v) is 19.0. The predicted molar refractivity (Wildman–Crippen MR) is 116 cm³/mol. The van der Waals surface area contributed by atoms with Crippen molar-refractivity contribution in [1.29, 1.82) is 0 Å².